The number of nitrogens with one attached hydrogen (secondary N) is 3. The summed E-state index contributed by atoms with van der Waals surface area (Å²) in [5.41, 5.74) is 3.14. The average molecular weight is 573 g/mol. The fraction of sp³-hybridized carbons (Fsp3) is 0.250. The zero-order valence-corrected chi connectivity index (χ0v) is 24.3. The van der Waals surface area contributed by atoms with Gasteiger partial charge in [-0.2, -0.15) is 0 Å². The van der Waals surface area contributed by atoms with E-state index < -0.39 is 11.7 Å². The number of aryl methyl sites for hydroxylation is 1. The molecule has 5 rings (SSSR count). The van der Waals surface area contributed by atoms with Gasteiger partial charge in [0.1, 0.15) is 22.9 Å². The first-order chi connectivity index (χ1) is 19.7. The fourth-order valence-corrected chi connectivity index (χ4v) is 5.63. The van der Waals surface area contributed by atoms with Gasteiger partial charge in [-0.15, -0.1) is 11.8 Å². The summed E-state index contributed by atoms with van der Waals surface area (Å²) in [6.07, 6.45) is 2.40. The van der Waals surface area contributed by atoms with E-state index in [1.54, 1.807) is 51.9 Å². The number of hydrogen-bond acceptors (Lipinski definition) is 6. The lowest BCUT2D eigenvalue weighted by Gasteiger charge is -2.22. The second-order valence-corrected chi connectivity index (χ2v) is 11.6. The molecule has 0 radical (unpaired) electrons. The minimum atomic E-state index is -0.484. The van der Waals surface area contributed by atoms with Crippen molar-refractivity contribution in [3.05, 3.63) is 105 Å². The van der Waals surface area contributed by atoms with Crippen LogP contribution in [0, 0.1) is 19.7 Å². The highest BCUT2D eigenvalue weighted by molar-refractivity contribution is 8.00. The van der Waals surface area contributed by atoms with Gasteiger partial charge in [-0.25, -0.2) is 4.39 Å². The van der Waals surface area contributed by atoms with Gasteiger partial charge in [0.15, 0.2) is 0 Å². The van der Waals surface area contributed by atoms with E-state index in [-0.39, 0.29) is 22.6 Å². The third-order valence-electron chi connectivity index (χ3n) is 6.97. The second-order valence-electron chi connectivity index (χ2n) is 10.2. The lowest BCUT2D eigenvalue weighted by atomic mass is 10.1. The number of rotatable bonds is 10. The van der Waals surface area contributed by atoms with Gasteiger partial charge in [-0.3, -0.25) is 14.2 Å². The Labute approximate surface area is 243 Å². The van der Waals surface area contributed by atoms with Gasteiger partial charge in [0.25, 0.3) is 11.5 Å². The number of methoxy groups -OCH3 is 1. The van der Waals surface area contributed by atoms with Crippen LogP contribution in [0.3, 0.4) is 0 Å². The topological polar surface area (TPSA) is 84.4 Å². The maximum Gasteiger partial charge on any atom is 0.261 e. The number of pyridine rings is 1. The van der Waals surface area contributed by atoms with Crippen LogP contribution in [0.1, 0.15) is 39.9 Å². The Morgan fingerprint density at radius 2 is 1.83 bits per heavy atom. The first kappa shape index (κ1) is 28.3. The van der Waals surface area contributed by atoms with Crippen molar-refractivity contribution in [3.63, 3.8) is 0 Å². The molecule has 0 spiro atoms. The largest absolute Gasteiger partial charge is 0.497 e. The lowest BCUT2D eigenvalue weighted by molar-refractivity contribution is 0.102. The van der Waals surface area contributed by atoms with Crippen molar-refractivity contribution < 1.29 is 13.9 Å². The molecule has 7 nitrogen and oxygen atoms in total. The van der Waals surface area contributed by atoms with Crippen molar-refractivity contribution in [1.82, 2.24) is 4.57 Å². The SMILES string of the molecule is COc1ccc(CNc2c(C(=O)Nc3cccc(SC4CC4)c3)c(Nc3ccc(C)cc3F)n(C)c(=O)c2C)cc1. The molecule has 0 saturated heterocycles. The first-order valence-corrected chi connectivity index (χ1v) is 14.3. The Morgan fingerprint density at radius 3 is 2.51 bits per heavy atom. The number of carbonyl (C=O) groups is 1. The third kappa shape index (κ3) is 6.57. The van der Waals surface area contributed by atoms with E-state index in [9.17, 15) is 14.0 Å². The molecule has 1 aliphatic rings. The minimum Gasteiger partial charge on any atom is -0.497 e. The summed E-state index contributed by atoms with van der Waals surface area (Å²) in [6, 6.07) is 20.0. The molecule has 3 N–H and O–H groups in total. The molecule has 1 aliphatic carbocycles. The Bertz CT molecular complexity index is 1650. The number of aromatic nitrogens is 1. The Morgan fingerprint density at radius 1 is 1.07 bits per heavy atom. The number of ether oxygens (including phenoxy) is 1. The summed E-state index contributed by atoms with van der Waals surface area (Å²) >= 11 is 1.80. The van der Waals surface area contributed by atoms with Crippen molar-refractivity contribution in [3.8, 4) is 5.75 Å². The maximum absolute atomic E-state index is 14.9. The zero-order valence-electron chi connectivity index (χ0n) is 23.5. The molecule has 1 fully saturated rings. The van der Waals surface area contributed by atoms with Crippen LogP contribution < -0.4 is 26.2 Å². The molecule has 9 heteroatoms. The molecule has 1 aromatic heterocycles. The van der Waals surface area contributed by atoms with Crippen LogP contribution in [0.2, 0.25) is 0 Å². The molecule has 0 bridgehead atoms. The van der Waals surface area contributed by atoms with E-state index in [1.165, 1.54) is 23.5 Å². The van der Waals surface area contributed by atoms with Gasteiger partial charge in [-0.05, 0) is 80.3 Å². The van der Waals surface area contributed by atoms with E-state index in [0.717, 1.165) is 21.8 Å². The summed E-state index contributed by atoms with van der Waals surface area (Å²) in [4.78, 5) is 28.5. The van der Waals surface area contributed by atoms with E-state index in [0.29, 0.717) is 28.7 Å². The van der Waals surface area contributed by atoms with Gasteiger partial charge < -0.3 is 20.7 Å². The normalized spacial score (nSPS) is 12.6. The number of thioether (sulfide) groups is 1. The number of carbonyl (C=O) groups excluding carboxylic acids is 1. The standard InChI is InChI=1S/C32H33FN4O3S/c1-19-8-15-27(26(33)16-19)36-30-28(31(38)35-22-6-5-7-25(17-22)41-24-13-14-24)29(20(2)32(39)37(30)3)34-18-21-9-11-23(40-4)12-10-21/h5-12,15-17,24,34,36H,13-14,18H2,1-4H3,(H,35,38). The van der Waals surface area contributed by atoms with Crippen LogP contribution in [0.15, 0.2) is 76.4 Å². The number of anilines is 4. The van der Waals surface area contributed by atoms with Gasteiger partial charge in [-0.1, -0.05) is 24.3 Å². The van der Waals surface area contributed by atoms with Gasteiger partial charge in [0, 0.05) is 35.0 Å². The van der Waals surface area contributed by atoms with Crippen LogP contribution in [0.5, 0.6) is 5.75 Å². The highest BCUT2D eigenvalue weighted by atomic mass is 32.2. The van der Waals surface area contributed by atoms with Crippen LogP contribution in [0.4, 0.5) is 27.3 Å². The summed E-state index contributed by atoms with van der Waals surface area (Å²) in [5.74, 6) is 0.000287. The number of halogens is 1. The third-order valence-corrected chi connectivity index (χ3v) is 8.31. The Hall–Kier alpha value is -4.24. The van der Waals surface area contributed by atoms with Crippen molar-refractivity contribution in [2.75, 3.05) is 23.1 Å². The van der Waals surface area contributed by atoms with Crippen LogP contribution >= 0.6 is 11.8 Å². The van der Waals surface area contributed by atoms with Crippen molar-refractivity contribution in [2.45, 2.75) is 43.4 Å². The number of hydrogen-bond donors (Lipinski definition) is 3. The maximum atomic E-state index is 14.9. The molecule has 1 amide bonds. The minimum absolute atomic E-state index is 0.160. The smallest absolute Gasteiger partial charge is 0.261 e. The molecule has 212 valence electrons. The van der Waals surface area contributed by atoms with Crippen LogP contribution in [-0.2, 0) is 13.6 Å². The van der Waals surface area contributed by atoms with Crippen LogP contribution in [0.25, 0.3) is 0 Å². The Balaban J connectivity index is 1.56. The monoisotopic (exact) mass is 572 g/mol. The predicted octanol–water partition coefficient (Wildman–Crippen LogP) is 7.01. The molecule has 41 heavy (non-hydrogen) atoms. The number of benzene rings is 3. The fourth-order valence-electron chi connectivity index (χ4n) is 4.52. The van der Waals surface area contributed by atoms with Crippen molar-refractivity contribution >= 4 is 40.5 Å². The lowest BCUT2D eigenvalue weighted by Crippen LogP contribution is -2.29. The van der Waals surface area contributed by atoms with Crippen molar-refractivity contribution in [2.24, 2.45) is 7.05 Å². The van der Waals surface area contributed by atoms with Gasteiger partial charge in [0.2, 0.25) is 0 Å². The molecule has 1 saturated carbocycles. The number of nitrogens with zero attached hydrogens (tertiary/aromatic N) is 1. The van der Waals surface area contributed by atoms with Crippen LogP contribution in [-0.4, -0.2) is 22.8 Å². The van der Waals surface area contributed by atoms with Gasteiger partial charge >= 0.3 is 0 Å². The first-order valence-electron chi connectivity index (χ1n) is 13.4. The summed E-state index contributed by atoms with van der Waals surface area (Å²) in [7, 11) is 3.17. The molecule has 3 aromatic carbocycles. The van der Waals surface area contributed by atoms with E-state index in [4.69, 9.17) is 4.74 Å². The highest BCUT2D eigenvalue weighted by Gasteiger charge is 2.26. The van der Waals surface area contributed by atoms with E-state index in [1.807, 2.05) is 48.5 Å². The van der Waals surface area contributed by atoms with E-state index in [2.05, 4.69) is 16.0 Å². The quantitative estimate of drug-likeness (QED) is 0.190. The second kappa shape index (κ2) is 12.1. The molecule has 0 atom stereocenters. The van der Waals surface area contributed by atoms with Crippen molar-refractivity contribution in [1.29, 1.82) is 0 Å². The van der Waals surface area contributed by atoms with Gasteiger partial charge in [0.05, 0.1) is 18.5 Å². The summed E-state index contributed by atoms with van der Waals surface area (Å²) < 4.78 is 21.5. The molecule has 4 aromatic rings. The number of amides is 1. The molecular weight excluding hydrogens is 539 g/mol. The average Bonchev–Trinajstić information content (AvgIpc) is 3.78. The summed E-state index contributed by atoms with van der Waals surface area (Å²) in [5, 5.41) is 9.99. The predicted molar refractivity (Wildman–Crippen MR) is 164 cm³/mol. The molecular formula is C32H33FN4O3S. The summed E-state index contributed by atoms with van der Waals surface area (Å²) in [6.45, 7) is 3.83. The van der Waals surface area contributed by atoms with E-state index >= 15 is 0 Å². The molecule has 0 unspecified atom stereocenters. The molecule has 0 aliphatic heterocycles. The highest BCUT2D eigenvalue weighted by Crippen LogP contribution is 2.40. The zero-order chi connectivity index (χ0) is 29.1. The Kier molecular flexibility index (Phi) is 8.35. The molecule has 1 heterocycles.